The Labute approximate surface area is 119 Å². The first-order chi connectivity index (χ1) is 9.70. The highest BCUT2D eigenvalue weighted by Crippen LogP contribution is 1.86. The predicted molar refractivity (Wildman–Crippen MR) is 71.7 cm³/mol. The summed E-state index contributed by atoms with van der Waals surface area (Å²) in [7, 11) is 2.55. The lowest BCUT2D eigenvalue weighted by atomic mass is 10.3. The number of nitrogens with one attached hydrogen (secondary N) is 2. The van der Waals surface area contributed by atoms with Crippen LogP contribution in [-0.4, -0.2) is 65.9 Å². The molecule has 0 aliphatic carbocycles. The maximum Gasteiger partial charge on any atom is 0.508 e. The number of hydrogen-bond acceptors (Lipinski definition) is 8. The average molecular weight is 292 g/mol. The molecular formula is C12H24N2O6. The molecule has 0 spiro atoms. The van der Waals surface area contributed by atoms with E-state index in [2.05, 4.69) is 20.1 Å². The van der Waals surface area contributed by atoms with Gasteiger partial charge in [0.15, 0.2) is 0 Å². The van der Waals surface area contributed by atoms with Crippen molar-refractivity contribution in [3.05, 3.63) is 0 Å². The summed E-state index contributed by atoms with van der Waals surface area (Å²) >= 11 is 0. The Kier molecular flexibility index (Phi) is 12.8. The first-order valence-electron chi connectivity index (χ1n) is 6.53. The molecule has 0 aliphatic rings. The fourth-order valence-electron chi connectivity index (χ4n) is 1.28. The van der Waals surface area contributed by atoms with E-state index >= 15 is 0 Å². The van der Waals surface area contributed by atoms with Crippen molar-refractivity contribution in [2.24, 2.45) is 0 Å². The van der Waals surface area contributed by atoms with E-state index < -0.39 is 12.3 Å². The minimum Gasteiger partial charge on any atom is -0.438 e. The number of hydrogen-bond donors (Lipinski definition) is 2. The van der Waals surface area contributed by atoms with Gasteiger partial charge in [0, 0.05) is 13.1 Å². The maximum absolute atomic E-state index is 10.6. The molecule has 20 heavy (non-hydrogen) atoms. The second kappa shape index (κ2) is 13.9. The minimum absolute atomic E-state index is 0.301. The van der Waals surface area contributed by atoms with Crippen molar-refractivity contribution in [1.29, 1.82) is 0 Å². The molecule has 0 bridgehead atoms. The predicted octanol–water partition coefficient (Wildman–Crippen LogP) is 0.512. The molecule has 0 unspecified atom stereocenters. The maximum atomic E-state index is 10.6. The molecule has 0 fully saturated rings. The van der Waals surface area contributed by atoms with Crippen LogP contribution in [0.5, 0.6) is 0 Å². The van der Waals surface area contributed by atoms with Gasteiger partial charge < -0.3 is 29.6 Å². The van der Waals surface area contributed by atoms with Crippen LogP contribution in [0.15, 0.2) is 0 Å². The monoisotopic (exact) mass is 292 g/mol. The molecule has 0 saturated heterocycles. The van der Waals surface area contributed by atoms with Crippen molar-refractivity contribution in [2.45, 2.75) is 12.8 Å². The Balaban J connectivity index is 3.06. The lowest BCUT2D eigenvalue weighted by molar-refractivity contribution is 0.0724. The fraction of sp³-hybridized carbons (Fsp3) is 0.833. The Morgan fingerprint density at radius 3 is 1.50 bits per heavy atom. The first kappa shape index (κ1) is 18.5. The molecule has 0 aromatic heterocycles. The van der Waals surface area contributed by atoms with E-state index in [0.717, 1.165) is 25.9 Å². The molecule has 0 aliphatic heterocycles. The van der Waals surface area contributed by atoms with Crippen LogP contribution < -0.4 is 10.6 Å². The summed E-state index contributed by atoms with van der Waals surface area (Å²) in [5, 5.41) is 6.29. The van der Waals surface area contributed by atoms with E-state index in [4.69, 9.17) is 9.47 Å². The standard InChI is InChI=1S/C12H24N2O6/c1-17-11(15)19-9-7-13-5-3-4-6-14-8-10-20-12(16)18-2/h13-14H,3-10H2,1-2H3. The third kappa shape index (κ3) is 12.9. The number of rotatable bonds is 11. The van der Waals surface area contributed by atoms with Crippen LogP contribution in [0.2, 0.25) is 0 Å². The lowest BCUT2D eigenvalue weighted by Crippen LogP contribution is -2.25. The van der Waals surface area contributed by atoms with Crippen molar-refractivity contribution >= 4 is 12.3 Å². The highest BCUT2D eigenvalue weighted by atomic mass is 16.7. The van der Waals surface area contributed by atoms with Crippen LogP contribution in [-0.2, 0) is 18.9 Å². The van der Waals surface area contributed by atoms with E-state index in [1.807, 2.05) is 0 Å². The molecule has 0 saturated carbocycles. The second-order valence-electron chi connectivity index (χ2n) is 3.81. The molecule has 2 N–H and O–H groups in total. The van der Waals surface area contributed by atoms with Crippen LogP contribution in [0.3, 0.4) is 0 Å². The quantitative estimate of drug-likeness (QED) is 0.420. The summed E-state index contributed by atoms with van der Waals surface area (Å²) in [5.74, 6) is 0. The van der Waals surface area contributed by atoms with Gasteiger partial charge in [-0.2, -0.15) is 0 Å². The number of unbranched alkanes of at least 4 members (excludes halogenated alkanes) is 1. The van der Waals surface area contributed by atoms with Crippen LogP contribution in [0.25, 0.3) is 0 Å². The van der Waals surface area contributed by atoms with Crippen LogP contribution in [0, 0.1) is 0 Å². The first-order valence-corrected chi connectivity index (χ1v) is 6.53. The van der Waals surface area contributed by atoms with Crippen LogP contribution >= 0.6 is 0 Å². The zero-order valence-electron chi connectivity index (χ0n) is 12.1. The zero-order chi connectivity index (χ0) is 15.1. The van der Waals surface area contributed by atoms with Gasteiger partial charge in [0.2, 0.25) is 0 Å². The van der Waals surface area contributed by atoms with E-state index in [1.165, 1.54) is 14.2 Å². The molecule has 8 heteroatoms. The Bertz CT molecular complexity index is 236. The van der Waals surface area contributed by atoms with Crippen molar-refractivity contribution in [1.82, 2.24) is 10.6 Å². The Morgan fingerprint density at radius 2 is 1.15 bits per heavy atom. The molecule has 8 nitrogen and oxygen atoms in total. The topological polar surface area (TPSA) is 95.1 Å². The fourth-order valence-corrected chi connectivity index (χ4v) is 1.28. The average Bonchev–Trinajstić information content (AvgIpc) is 2.47. The molecule has 118 valence electrons. The van der Waals surface area contributed by atoms with Gasteiger partial charge in [0.1, 0.15) is 13.2 Å². The number of carbonyl (C=O) groups is 2. The van der Waals surface area contributed by atoms with Gasteiger partial charge >= 0.3 is 12.3 Å². The highest BCUT2D eigenvalue weighted by molar-refractivity contribution is 5.59. The molecule has 0 heterocycles. The Morgan fingerprint density at radius 1 is 0.750 bits per heavy atom. The minimum atomic E-state index is -0.662. The van der Waals surface area contributed by atoms with E-state index in [-0.39, 0.29) is 0 Å². The summed E-state index contributed by atoms with van der Waals surface area (Å²) in [6.45, 7) is 3.52. The molecular weight excluding hydrogens is 268 g/mol. The summed E-state index contributed by atoms with van der Waals surface area (Å²) < 4.78 is 18.1. The van der Waals surface area contributed by atoms with Crippen molar-refractivity contribution < 1.29 is 28.5 Å². The van der Waals surface area contributed by atoms with Gasteiger partial charge in [-0.3, -0.25) is 0 Å². The van der Waals surface area contributed by atoms with Gasteiger partial charge in [-0.1, -0.05) is 0 Å². The summed E-state index contributed by atoms with van der Waals surface area (Å²) in [6, 6.07) is 0. The largest absolute Gasteiger partial charge is 0.508 e. The normalized spacial score (nSPS) is 9.90. The third-order valence-electron chi connectivity index (χ3n) is 2.29. The van der Waals surface area contributed by atoms with Gasteiger partial charge in [0.05, 0.1) is 14.2 Å². The van der Waals surface area contributed by atoms with Crippen molar-refractivity contribution in [2.75, 3.05) is 53.6 Å². The molecule has 0 atom stereocenters. The van der Waals surface area contributed by atoms with Crippen LogP contribution in [0.4, 0.5) is 9.59 Å². The number of carbonyl (C=O) groups excluding carboxylic acids is 2. The van der Waals surface area contributed by atoms with Gasteiger partial charge in [-0.15, -0.1) is 0 Å². The van der Waals surface area contributed by atoms with Crippen molar-refractivity contribution in [3.8, 4) is 0 Å². The SMILES string of the molecule is COC(=O)OCCNCCCCNCCOC(=O)OC. The molecule has 0 aromatic rings. The van der Waals surface area contributed by atoms with E-state index in [9.17, 15) is 9.59 Å². The van der Waals surface area contributed by atoms with Crippen LogP contribution in [0.1, 0.15) is 12.8 Å². The number of methoxy groups -OCH3 is 2. The Hall–Kier alpha value is -1.54. The second-order valence-corrected chi connectivity index (χ2v) is 3.81. The van der Waals surface area contributed by atoms with E-state index in [0.29, 0.717) is 26.3 Å². The smallest absolute Gasteiger partial charge is 0.438 e. The molecule has 0 radical (unpaired) electrons. The summed E-state index contributed by atoms with van der Waals surface area (Å²) in [6.07, 6.45) is 0.682. The highest BCUT2D eigenvalue weighted by Gasteiger charge is 1.99. The summed E-state index contributed by atoms with van der Waals surface area (Å²) in [5.41, 5.74) is 0. The van der Waals surface area contributed by atoms with Crippen molar-refractivity contribution in [3.63, 3.8) is 0 Å². The lowest BCUT2D eigenvalue weighted by Gasteiger charge is -2.07. The van der Waals surface area contributed by atoms with E-state index in [1.54, 1.807) is 0 Å². The van der Waals surface area contributed by atoms with Gasteiger partial charge in [-0.05, 0) is 25.9 Å². The molecule has 0 aromatic carbocycles. The zero-order valence-corrected chi connectivity index (χ0v) is 12.1. The summed E-state index contributed by atoms with van der Waals surface area (Å²) in [4.78, 5) is 21.2. The number of ether oxygens (including phenoxy) is 4. The third-order valence-corrected chi connectivity index (χ3v) is 2.29. The molecule has 0 amide bonds. The molecule has 0 rings (SSSR count). The van der Waals surface area contributed by atoms with Gasteiger partial charge in [-0.25, -0.2) is 9.59 Å². The van der Waals surface area contributed by atoms with Gasteiger partial charge in [0.25, 0.3) is 0 Å².